The lowest BCUT2D eigenvalue weighted by Gasteiger charge is -2.28. The number of nitriles is 1. The Morgan fingerprint density at radius 3 is 2.63 bits per heavy atom. The number of nitrogens with two attached hydrogens (primary N) is 1. The van der Waals surface area contributed by atoms with Crippen molar-refractivity contribution < 1.29 is 4.79 Å². The van der Waals surface area contributed by atoms with Gasteiger partial charge < -0.3 is 10.6 Å². The van der Waals surface area contributed by atoms with Gasteiger partial charge in [-0.25, -0.2) is 0 Å². The number of aryl methyl sites for hydroxylation is 1. The molecule has 0 bridgehead atoms. The summed E-state index contributed by atoms with van der Waals surface area (Å²) in [7, 11) is 0. The number of amides is 1. The van der Waals surface area contributed by atoms with E-state index in [-0.39, 0.29) is 5.92 Å². The Morgan fingerprint density at radius 2 is 1.96 bits per heavy atom. The molecule has 1 unspecified atom stereocenters. The highest BCUT2D eigenvalue weighted by molar-refractivity contribution is 6.02. The number of rotatable bonds is 2. The smallest absolute Gasteiger partial charge is 0.250 e. The number of fused-ring (bicyclic) bond motifs is 3. The summed E-state index contributed by atoms with van der Waals surface area (Å²) >= 11 is 0. The van der Waals surface area contributed by atoms with Gasteiger partial charge in [-0.1, -0.05) is 13.0 Å². The lowest BCUT2D eigenvalue weighted by atomic mass is 10.1. The minimum atomic E-state index is -0.493. The van der Waals surface area contributed by atoms with Crippen LogP contribution in [0.3, 0.4) is 0 Å². The van der Waals surface area contributed by atoms with Crippen molar-refractivity contribution in [3.8, 4) is 11.8 Å². The topological polar surface area (TPSA) is 101 Å². The minimum Gasteiger partial charge on any atom is -0.366 e. The van der Waals surface area contributed by atoms with Gasteiger partial charge in [-0.05, 0) is 43.3 Å². The molecule has 4 rings (SSSR count). The normalized spacial score (nSPS) is 15.4. The summed E-state index contributed by atoms with van der Waals surface area (Å²) in [6.45, 7) is 4.56. The van der Waals surface area contributed by atoms with E-state index in [4.69, 9.17) is 11.0 Å². The summed E-state index contributed by atoms with van der Waals surface area (Å²) in [5.74, 6) is 1.16. The number of carbonyl (C=O) groups excluding carboxylic acids is 1. The molecule has 27 heavy (non-hydrogen) atoms. The average Bonchev–Trinajstić information content (AvgIpc) is 3.01. The number of hydrogen-bond donors (Lipinski definition) is 1. The largest absolute Gasteiger partial charge is 0.366 e. The number of aromatic nitrogens is 3. The van der Waals surface area contributed by atoms with Gasteiger partial charge in [0.05, 0.1) is 28.6 Å². The Labute approximate surface area is 156 Å². The lowest BCUT2D eigenvalue weighted by Crippen LogP contribution is -2.25. The van der Waals surface area contributed by atoms with E-state index in [1.807, 2.05) is 35.8 Å². The molecule has 0 radical (unpaired) electrons. The van der Waals surface area contributed by atoms with E-state index in [1.54, 1.807) is 18.2 Å². The summed E-state index contributed by atoms with van der Waals surface area (Å²) in [6, 6.07) is 14.9. The molecule has 134 valence electrons. The predicted molar refractivity (Wildman–Crippen MR) is 101 cm³/mol. The maximum Gasteiger partial charge on any atom is 0.250 e. The monoisotopic (exact) mass is 358 g/mol. The first-order valence-corrected chi connectivity index (χ1v) is 8.64. The van der Waals surface area contributed by atoms with Crippen LogP contribution >= 0.6 is 0 Å². The Balaban J connectivity index is 2.01. The molecular weight excluding hydrogens is 340 g/mol. The van der Waals surface area contributed by atoms with Gasteiger partial charge in [0.25, 0.3) is 5.91 Å². The highest BCUT2D eigenvalue weighted by Gasteiger charge is 2.30. The number of hydrogen-bond acceptors (Lipinski definition) is 5. The summed E-state index contributed by atoms with van der Waals surface area (Å²) in [5, 5.41) is 17.7. The van der Waals surface area contributed by atoms with Crippen molar-refractivity contribution in [1.29, 1.82) is 5.26 Å². The number of primary amides is 1. The van der Waals surface area contributed by atoms with Crippen LogP contribution in [0.2, 0.25) is 0 Å². The molecule has 1 atom stereocenters. The zero-order valence-corrected chi connectivity index (χ0v) is 15.0. The van der Waals surface area contributed by atoms with Crippen LogP contribution in [0.1, 0.15) is 40.4 Å². The van der Waals surface area contributed by atoms with Crippen LogP contribution in [0, 0.1) is 18.3 Å². The first kappa shape index (κ1) is 16.8. The van der Waals surface area contributed by atoms with Crippen LogP contribution in [0.15, 0.2) is 42.5 Å². The van der Waals surface area contributed by atoms with Crippen LogP contribution in [-0.4, -0.2) is 27.2 Å². The van der Waals surface area contributed by atoms with E-state index >= 15 is 0 Å². The molecule has 7 heteroatoms. The van der Waals surface area contributed by atoms with Crippen molar-refractivity contribution in [2.24, 2.45) is 5.73 Å². The van der Waals surface area contributed by atoms with Crippen molar-refractivity contribution in [2.75, 3.05) is 11.4 Å². The molecule has 0 spiro atoms. The SMILES string of the molecule is Cc1nnc2n1-c1cccc(C(N)=O)c1N(c1ccc(C#N)cc1)CC2C. The van der Waals surface area contributed by atoms with Crippen LogP contribution in [-0.2, 0) is 0 Å². The fraction of sp³-hybridized carbons (Fsp3) is 0.200. The molecule has 2 N–H and O–H groups in total. The molecule has 1 aliphatic heterocycles. The molecule has 2 aromatic carbocycles. The molecule has 0 saturated carbocycles. The summed E-state index contributed by atoms with van der Waals surface area (Å²) in [5.41, 5.74) is 9.13. The first-order valence-electron chi connectivity index (χ1n) is 8.64. The van der Waals surface area contributed by atoms with Gasteiger partial charge in [-0.15, -0.1) is 10.2 Å². The van der Waals surface area contributed by atoms with Crippen molar-refractivity contribution in [3.63, 3.8) is 0 Å². The van der Waals surface area contributed by atoms with Gasteiger partial charge in [0, 0.05) is 18.2 Å². The summed E-state index contributed by atoms with van der Waals surface area (Å²) in [6.07, 6.45) is 0. The maximum absolute atomic E-state index is 12.2. The fourth-order valence-corrected chi connectivity index (χ4v) is 3.59. The Morgan fingerprint density at radius 1 is 1.22 bits per heavy atom. The van der Waals surface area contributed by atoms with E-state index in [1.165, 1.54) is 0 Å². The van der Waals surface area contributed by atoms with Crippen molar-refractivity contribution >= 4 is 17.3 Å². The third-order valence-corrected chi connectivity index (χ3v) is 4.85. The number of nitrogens with zero attached hydrogens (tertiary/aromatic N) is 5. The number of carbonyl (C=O) groups is 1. The standard InChI is InChI=1S/C20H18N6O/c1-12-11-25(15-8-6-14(10-21)7-9-15)18-16(19(22)27)4-3-5-17(18)26-13(2)23-24-20(12)26/h3-9,12H,11H2,1-2H3,(H2,22,27). The van der Waals surface area contributed by atoms with Gasteiger partial charge in [0.2, 0.25) is 0 Å². The quantitative estimate of drug-likeness (QED) is 0.759. The van der Waals surface area contributed by atoms with Crippen LogP contribution in [0.4, 0.5) is 11.4 Å². The second-order valence-electron chi connectivity index (χ2n) is 6.65. The molecule has 3 aromatic rings. The second kappa shape index (κ2) is 6.25. The van der Waals surface area contributed by atoms with E-state index in [9.17, 15) is 4.79 Å². The molecule has 0 saturated heterocycles. The maximum atomic E-state index is 12.2. The number of para-hydroxylation sites is 1. The molecule has 7 nitrogen and oxygen atoms in total. The van der Waals surface area contributed by atoms with Crippen LogP contribution in [0.5, 0.6) is 0 Å². The van der Waals surface area contributed by atoms with E-state index < -0.39 is 5.91 Å². The highest BCUT2D eigenvalue weighted by atomic mass is 16.1. The minimum absolute atomic E-state index is 0.0648. The molecule has 1 aliphatic rings. The third kappa shape index (κ3) is 2.62. The van der Waals surface area contributed by atoms with Gasteiger partial charge >= 0.3 is 0 Å². The zero-order valence-electron chi connectivity index (χ0n) is 15.0. The number of anilines is 2. The third-order valence-electron chi connectivity index (χ3n) is 4.85. The second-order valence-corrected chi connectivity index (χ2v) is 6.65. The first-order chi connectivity index (χ1) is 13.0. The fourth-order valence-electron chi connectivity index (χ4n) is 3.59. The van der Waals surface area contributed by atoms with Crippen molar-refractivity contribution in [1.82, 2.24) is 14.8 Å². The van der Waals surface area contributed by atoms with Gasteiger partial charge in [-0.2, -0.15) is 5.26 Å². The van der Waals surface area contributed by atoms with Crippen molar-refractivity contribution in [3.05, 3.63) is 65.2 Å². The lowest BCUT2D eigenvalue weighted by molar-refractivity contribution is 0.100. The zero-order chi connectivity index (χ0) is 19.1. The molecule has 0 fully saturated rings. The van der Waals surface area contributed by atoms with E-state index in [2.05, 4.69) is 28.1 Å². The molecule has 1 aromatic heterocycles. The predicted octanol–water partition coefficient (Wildman–Crippen LogP) is 2.80. The summed E-state index contributed by atoms with van der Waals surface area (Å²) in [4.78, 5) is 14.3. The van der Waals surface area contributed by atoms with Crippen molar-refractivity contribution in [2.45, 2.75) is 19.8 Å². The Kier molecular flexibility index (Phi) is 3.89. The van der Waals surface area contributed by atoms with Crippen LogP contribution in [0.25, 0.3) is 5.69 Å². The molecule has 2 heterocycles. The number of benzene rings is 2. The molecular formula is C20H18N6O. The van der Waals surface area contributed by atoms with E-state index in [0.29, 0.717) is 17.7 Å². The molecule has 1 amide bonds. The van der Waals surface area contributed by atoms with Gasteiger partial charge in [0.1, 0.15) is 11.6 Å². The molecule has 0 aliphatic carbocycles. The van der Waals surface area contributed by atoms with E-state index in [0.717, 1.165) is 28.7 Å². The average molecular weight is 358 g/mol. The Hall–Kier alpha value is -3.66. The van der Waals surface area contributed by atoms with Gasteiger partial charge in [0.15, 0.2) is 0 Å². The van der Waals surface area contributed by atoms with Crippen LogP contribution < -0.4 is 10.6 Å². The van der Waals surface area contributed by atoms with Gasteiger partial charge in [-0.3, -0.25) is 9.36 Å². The highest BCUT2D eigenvalue weighted by Crippen LogP contribution is 2.40. The summed E-state index contributed by atoms with van der Waals surface area (Å²) < 4.78 is 1.98. The Bertz CT molecular complexity index is 1080.